The minimum absolute atomic E-state index is 0.907. The van der Waals surface area contributed by atoms with Gasteiger partial charge >= 0.3 is 12.1 Å². The molecule has 0 atom stereocenters. The Morgan fingerprint density at radius 1 is 1.23 bits per heavy atom. The molecule has 1 aliphatic heterocycles. The molecular formula is C16H20F3N5O2. The molecule has 0 radical (unpaired) electrons. The lowest BCUT2D eigenvalue weighted by Gasteiger charge is -2.19. The molecule has 0 bridgehead atoms. The smallest absolute Gasteiger partial charge is 0.475 e. The van der Waals surface area contributed by atoms with Crippen LogP contribution in [-0.4, -0.2) is 54.8 Å². The van der Waals surface area contributed by atoms with Crippen molar-refractivity contribution < 1.29 is 23.1 Å². The zero-order valence-corrected chi connectivity index (χ0v) is 14.5. The molecule has 26 heavy (non-hydrogen) atoms. The lowest BCUT2D eigenvalue weighted by Crippen LogP contribution is -2.27. The van der Waals surface area contributed by atoms with E-state index in [1.54, 1.807) is 6.33 Å². The standard InChI is InChI=1S/C14H19N5.C2HF3O2/c1-11-12-3-6-19(7-4-13(12)17-10-16-11)9-14-15-5-8-18(14)2;3-2(4,5)1(6)7/h5,8,10H,3-4,6-7,9H2,1-2H3;(H,6,7). The Labute approximate surface area is 148 Å². The minimum Gasteiger partial charge on any atom is -0.475 e. The quantitative estimate of drug-likeness (QED) is 0.866. The van der Waals surface area contributed by atoms with Gasteiger partial charge in [0.15, 0.2) is 0 Å². The Balaban J connectivity index is 0.000000298. The van der Waals surface area contributed by atoms with Crippen LogP contribution in [0.2, 0.25) is 0 Å². The van der Waals surface area contributed by atoms with Crippen molar-refractivity contribution in [3.63, 3.8) is 0 Å². The fourth-order valence-electron chi connectivity index (χ4n) is 2.64. The van der Waals surface area contributed by atoms with Crippen LogP contribution in [0.15, 0.2) is 18.7 Å². The Bertz CT molecular complexity index is 761. The maximum Gasteiger partial charge on any atom is 0.490 e. The third-order valence-corrected chi connectivity index (χ3v) is 4.12. The Kier molecular flexibility index (Phi) is 6.30. The first-order chi connectivity index (χ1) is 12.2. The number of carboxylic acid groups (broad SMARTS) is 1. The van der Waals surface area contributed by atoms with Crippen LogP contribution in [0.3, 0.4) is 0 Å². The number of hydrogen-bond donors (Lipinski definition) is 1. The number of halogens is 3. The van der Waals surface area contributed by atoms with Crippen molar-refractivity contribution in [2.24, 2.45) is 7.05 Å². The Morgan fingerprint density at radius 3 is 2.46 bits per heavy atom. The van der Waals surface area contributed by atoms with Crippen LogP contribution in [0.25, 0.3) is 0 Å². The predicted molar refractivity (Wildman–Crippen MR) is 86.4 cm³/mol. The van der Waals surface area contributed by atoms with Gasteiger partial charge in [-0.15, -0.1) is 0 Å². The van der Waals surface area contributed by atoms with Crippen LogP contribution < -0.4 is 0 Å². The molecule has 0 aliphatic carbocycles. The average molecular weight is 371 g/mol. The number of fused-ring (bicyclic) bond motifs is 1. The SMILES string of the molecule is Cc1ncnc2c1CCN(Cc1nccn1C)CC2.O=C(O)C(F)(F)F. The van der Waals surface area contributed by atoms with Crippen molar-refractivity contribution >= 4 is 5.97 Å². The second-order valence-electron chi connectivity index (χ2n) is 5.92. The molecule has 2 aromatic heterocycles. The van der Waals surface area contributed by atoms with Gasteiger partial charge in [0.25, 0.3) is 0 Å². The van der Waals surface area contributed by atoms with E-state index in [-0.39, 0.29) is 0 Å². The van der Waals surface area contributed by atoms with E-state index >= 15 is 0 Å². The molecule has 0 fully saturated rings. The summed E-state index contributed by atoms with van der Waals surface area (Å²) in [6.45, 7) is 5.07. The molecular weight excluding hydrogens is 351 g/mol. The van der Waals surface area contributed by atoms with E-state index in [2.05, 4.69) is 31.3 Å². The summed E-state index contributed by atoms with van der Waals surface area (Å²) in [6.07, 6.45) is 2.49. The van der Waals surface area contributed by atoms with Gasteiger partial charge in [-0.3, -0.25) is 4.90 Å². The average Bonchev–Trinajstić information content (AvgIpc) is 2.83. The van der Waals surface area contributed by atoms with Gasteiger partial charge in [0.2, 0.25) is 0 Å². The van der Waals surface area contributed by atoms with Gasteiger partial charge in [-0.2, -0.15) is 13.2 Å². The number of rotatable bonds is 2. The van der Waals surface area contributed by atoms with E-state index in [4.69, 9.17) is 9.90 Å². The molecule has 10 heteroatoms. The second-order valence-corrected chi connectivity index (χ2v) is 5.92. The second kappa shape index (κ2) is 8.26. The van der Waals surface area contributed by atoms with Gasteiger partial charge in [0, 0.05) is 50.3 Å². The maximum atomic E-state index is 10.6. The summed E-state index contributed by atoms with van der Waals surface area (Å²) < 4.78 is 33.8. The number of aryl methyl sites for hydroxylation is 2. The zero-order valence-electron chi connectivity index (χ0n) is 14.5. The molecule has 3 heterocycles. The first-order valence-electron chi connectivity index (χ1n) is 7.96. The molecule has 0 aromatic carbocycles. The highest BCUT2D eigenvalue weighted by atomic mass is 19.4. The van der Waals surface area contributed by atoms with E-state index in [0.29, 0.717) is 0 Å². The van der Waals surface area contributed by atoms with E-state index in [1.807, 2.05) is 19.4 Å². The van der Waals surface area contributed by atoms with E-state index in [9.17, 15) is 13.2 Å². The van der Waals surface area contributed by atoms with Crippen LogP contribution in [0.4, 0.5) is 13.2 Å². The number of alkyl halides is 3. The number of carbonyl (C=O) groups is 1. The summed E-state index contributed by atoms with van der Waals surface area (Å²) in [7, 11) is 2.05. The number of nitrogens with zero attached hydrogens (tertiary/aromatic N) is 5. The highest BCUT2D eigenvalue weighted by Gasteiger charge is 2.38. The highest BCUT2D eigenvalue weighted by Crippen LogP contribution is 2.17. The van der Waals surface area contributed by atoms with Gasteiger partial charge in [-0.25, -0.2) is 19.7 Å². The lowest BCUT2D eigenvalue weighted by molar-refractivity contribution is -0.192. The zero-order chi connectivity index (χ0) is 19.3. The molecule has 2 aromatic rings. The predicted octanol–water partition coefficient (Wildman–Crippen LogP) is 1.75. The van der Waals surface area contributed by atoms with Crippen LogP contribution in [0.1, 0.15) is 22.8 Å². The summed E-state index contributed by atoms with van der Waals surface area (Å²) in [4.78, 5) is 24.5. The van der Waals surface area contributed by atoms with Crippen molar-refractivity contribution in [1.82, 2.24) is 24.4 Å². The molecule has 7 nitrogen and oxygen atoms in total. The fourth-order valence-corrected chi connectivity index (χ4v) is 2.64. The van der Waals surface area contributed by atoms with Crippen LogP contribution in [0.5, 0.6) is 0 Å². The first-order valence-corrected chi connectivity index (χ1v) is 7.96. The molecule has 3 rings (SSSR count). The number of aromatic nitrogens is 4. The van der Waals surface area contributed by atoms with E-state index in [0.717, 1.165) is 44.0 Å². The summed E-state index contributed by atoms with van der Waals surface area (Å²) >= 11 is 0. The summed E-state index contributed by atoms with van der Waals surface area (Å²) in [5.41, 5.74) is 3.68. The van der Waals surface area contributed by atoms with Crippen molar-refractivity contribution in [3.05, 3.63) is 41.5 Å². The van der Waals surface area contributed by atoms with Gasteiger partial charge in [-0.05, 0) is 18.9 Å². The van der Waals surface area contributed by atoms with Gasteiger partial charge in [0.05, 0.1) is 6.54 Å². The highest BCUT2D eigenvalue weighted by molar-refractivity contribution is 5.73. The van der Waals surface area contributed by atoms with Crippen molar-refractivity contribution in [2.45, 2.75) is 32.5 Å². The molecule has 0 saturated carbocycles. The molecule has 1 N–H and O–H groups in total. The van der Waals surface area contributed by atoms with Gasteiger partial charge in [-0.1, -0.05) is 0 Å². The number of carboxylic acids is 1. The number of imidazole rings is 1. The third-order valence-electron chi connectivity index (χ3n) is 4.12. The van der Waals surface area contributed by atoms with Crippen molar-refractivity contribution in [3.8, 4) is 0 Å². The van der Waals surface area contributed by atoms with Crippen LogP contribution in [-0.2, 0) is 31.2 Å². The monoisotopic (exact) mass is 371 g/mol. The fraction of sp³-hybridized carbons (Fsp3) is 0.500. The summed E-state index contributed by atoms with van der Waals surface area (Å²) in [5, 5.41) is 7.12. The summed E-state index contributed by atoms with van der Waals surface area (Å²) in [6, 6.07) is 0. The molecule has 1 aliphatic rings. The minimum atomic E-state index is -5.08. The lowest BCUT2D eigenvalue weighted by atomic mass is 10.1. The van der Waals surface area contributed by atoms with Crippen LogP contribution in [0, 0.1) is 6.92 Å². The topological polar surface area (TPSA) is 84.1 Å². The first kappa shape index (κ1) is 19.8. The molecule has 0 saturated heterocycles. The number of aliphatic carboxylic acids is 1. The third kappa shape index (κ3) is 5.25. The van der Waals surface area contributed by atoms with Gasteiger partial charge in [0.1, 0.15) is 12.2 Å². The van der Waals surface area contributed by atoms with Gasteiger partial charge < -0.3 is 9.67 Å². The maximum absolute atomic E-state index is 10.6. The summed E-state index contributed by atoms with van der Waals surface area (Å²) in [5.74, 6) is -1.64. The molecule has 0 amide bonds. The molecule has 142 valence electrons. The largest absolute Gasteiger partial charge is 0.490 e. The normalized spacial score (nSPS) is 14.8. The van der Waals surface area contributed by atoms with Crippen molar-refractivity contribution in [2.75, 3.05) is 13.1 Å². The van der Waals surface area contributed by atoms with E-state index in [1.165, 1.54) is 11.3 Å². The van der Waals surface area contributed by atoms with Crippen LogP contribution >= 0.6 is 0 Å². The van der Waals surface area contributed by atoms with Crippen molar-refractivity contribution in [1.29, 1.82) is 0 Å². The molecule has 0 spiro atoms. The Hall–Kier alpha value is -2.49. The van der Waals surface area contributed by atoms with E-state index < -0.39 is 12.1 Å². The Morgan fingerprint density at radius 2 is 1.88 bits per heavy atom. The number of hydrogen-bond acceptors (Lipinski definition) is 5. The molecule has 0 unspecified atom stereocenters.